The average Bonchev–Trinajstić information content (AvgIpc) is 2.43. The van der Waals surface area contributed by atoms with Crippen molar-refractivity contribution in [2.45, 2.75) is 77.6 Å². The Morgan fingerprint density at radius 3 is 1.86 bits per heavy atom. The molecule has 0 aliphatic carbocycles. The zero-order chi connectivity index (χ0) is 15.5. The van der Waals surface area contributed by atoms with E-state index in [4.69, 9.17) is 0 Å². The Morgan fingerprint density at radius 1 is 0.810 bits per heavy atom. The molecule has 0 bridgehead atoms. The third kappa shape index (κ3) is 7.16. The lowest BCUT2D eigenvalue weighted by Crippen LogP contribution is -2.25. The fourth-order valence-electron chi connectivity index (χ4n) is 2.52. The molecule has 21 heavy (non-hydrogen) atoms. The minimum Gasteiger partial charge on any atom is -0.494 e. The molecular weight excluding hydrogens is 268 g/mol. The van der Waals surface area contributed by atoms with Crippen molar-refractivity contribution in [1.82, 2.24) is 9.97 Å². The van der Waals surface area contributed by atoms with Crippen LogP contribution < -0.4 is 11.2 Å². The van der Waals surface area contributed by atoms with Gasteiger partial charge in [0.25, 0.3) is 5.56 Å². The summed E-state index contributed by atoms with van der Waals surface area (Å²) >= 11 is 0. The third-order valence-corrected chi connectivity index (χ3v) is 3.80. The van der Waals surface area contributed by atoms with Crippen LogP contribution in [0.2, 0.25) is 0 Å². The van der Waals surface area contributed by atoms with Gasteiger partial charge in [-0.1, -0.05) is 64.7 Å². The number of hydrogen-bond donors (Lipinski definition) is 3. The number of aromatic amines is 2. The second-order valence-electron chi connectivity index (χ2n) is 5.67. The van der Waals surface area contributed by atoms with E-state index < -0.39 is 11.2 Å². The average molecular weight is 296 g/mol. The Labute approximate surface area is 125 Å². The molecule has 0 fully saturated rings. The number of unbranched alkanes of at least 4 members (excludes halogenated alkanes) is 9. The maximum Gasteiger partial charge on any atom is 0.328 e. The summed E-state index contributed by atoms with van der Waals surface area (Å²) in [6.45, 7) is 2.23. The lowest BCUT2D eigenvalue weighted by Gasteiger charge is -2.03. The van der Waals surface area contributed by atoms with Crippen LogP contribution in [0.4, 0.5) is 0 Å². The lowest BCUT2D eigenvalue weighted by atomic mass is 10.0. The van der Waals surface area contributed by atoms with Crippen molar-refractivity contribution in [3.63, 3.8) is 0 Å². The largest absolute Gasteiger partial charge is 0.494 e. The number of aromatic hydroxyl groups is 1. The predicted octanol–water partition coefficient (Wildman–Crippen LogP) is 3.23. The summed E-state index contributed by atoms with van der Waals surface area (Å²) in [5.41, 5.74) is -0.856. The lowest BCUT2D eigenvalue weighted by molar-refractivity contribution is 0.438. The summed E-state index contributed by atoms with van der Waals surface area (Å²) < 4.78 is 0. The molecule has 0 unspecified atom stereocenters. The van der Waals surface area contributed by atoms with E-state index in [0.717, 1.165) is 19.3 Å². The second kappa shape index (κ2) is 10.2. The van der Waals surface area contributed by atoms with Crippen LogP contribution >= 0.6 is 0 Å². The molecule has 1 rings (SSSR count). The quantitative estimate of drug-likeness (QED) is 0.548. The van der Waals surface area contributed by atoms with Crippen molar-refractivity contribution in [2.24, 2.45) is 0 Å². The molecular formula is C16H28N2O3. The minimum atomic E-state index is -0.663. The van der Waals surface area contributed by atoms with E-state index in [-0.39, 0.29) is 11.4 Å². The molecule has 120 valence electrons. The highest BCUT2D eigenvalue weighted by atomic mass is 16.3. The predicted molar refractivity (Wildman–Crippen MR) is 84.9 cm³/mol. The molecule has 1 aromatic heterocycles. The summed E-state index contributed by atoms with van der Waals surface area (Å²) in [7, 11) is 0. The summed E-state index contributed by atoms with van der Waals surface area (Å²) in [6.07, 6.45) is 12.7. The monoisotopic (exact) mass is 296 g/mol. The van der Waals surface area contributed by atoms with Crippen LogP contribution in [0.1, 0.15) is 76.7 Å². The first kappa shape index (κ1) is 17.5. The Hall–Kier alpha value is -1.52. The molecule has 0 saturated carbocycles. The van der Waals surface area contributed by atoms with Crippen molar-refractivity contribution >= 4 is 0 Å². The number of rotatable bonds is 11. The molecule has 0 aliphatic rings. The van der Waals surface area contributed by atoms with E-state index in [1.165, 1.54) is 44.9 Å². The van der Waals surface area contributed by atoms with Gasteiger partial charge in [0.15, 0.2) is 0 Å². The van der Waals surface area contributed by atoms with Crippen LogP contribution in [0.25, 0.3) is 0 Å². The van der Waals surface area contributed by atoms with E-state index in [0.29, 0.717) is 6.42 Å². The van der Waals surface area contributed by atoms with Gasteiger partial charge in [-0.05, 0) is 12.8 Å². The Bertz CT molecular complexity index is 505. The van der Waals surface area contributed by atoms with E-state index in [2.05, 4.69) is 16.9 Å². The standard InChI is InChI=1S/C16H28N2O3/c1-2-3-4-5-6-7-8-9-10-11-12-13-14(19)17-16(21)18-15(13)20/h2-12H2,1H3,(H3,17,18,19,20,21). The van der Waals surface area contributed by atoms with Gasteiger partial charge in [0.05, 0.1) is 5.56 Å². The van der Waals surface area contributed by atoms with Crippen LogP contribution in [0.5, 0.6) is 5.88 Å². The maximum absolute atomic E-state index is 11.5. The van der Waals surface area contributed by atoms with E-state index in [1.54, 1.807) is 0 Å². The van der Waals surface area contributed by atoms with Crippen LogP contribution in [0, 0.1) is 0 Å². The van der Waals surface area contributed by atoms with E-state index >= 15 is 0 Å². The molecule has 0 aliphatic heterocycles. The number of aromatic nitrogens is 2. The molecule has 5 nitrogen and oxygen atoms in total. The number of nitrogens with one attached hydrogen (secondary N) is 2. The molecule has 0 atom stereocenters. The third-order valence-electron chi connectivity index (χ3n) is 3.80. The SMILES string of the molecule is CCCCCCCCCCCCc1c(O)[nH]c(=O)[nH]c1=O. The van der Waals surface area contributed by atoms with Gasteiger partial charge in [-0.25, -0.2) is 4.79 Å². The number of hydrogen-bond acceptors (Lipinski definition) is 3. The summed E-state index contributed by atoms with van der Waals surface area (Å²) in [5.74, 6) is -0.292. The van der Waals surface area contributed by atoms with E-state index in [9.17, 15) is 14.7 Å². The zero-order valence-electron chi connectivity index (χ0n) is 13.0. The van der Waals surface area contributed by atoms with Gasteiger partial charge in [-0.15, -0.1) is 0 Å². The van der Waals surface area contributed by atoms with Gasteiger partial charge < -0.3 is 5.11 Å². The van der Waals surface area contributed by atoms with Gasteiger partial charge in [0.2, 0.25) is 5.88 Å². The first-order valence-corrected chi connectivity index (χ1v) is 8.19. The molecule has 0 spiro atoms. The first-order chi connectivity index (χ1) is 10.1. The highest BCUT2D eigenvalue weighted by Gasteiger charge is 2.07. The van der Waals surface area contributed by atoms with E-state index in [1.807, 2.05) is 0 Å². The fourth-order valence-corrected chi connectivity index (χ4v) is 2.52. The minimum absolute atomic E-state index is 0.286. The van der Waals surface area contributed by atoms with Crippen molar-refractivity contribution in [3.05, 3.63) is 26.4 Å². The fraction of sp³-hybridized carbons (Fsp3) is 0.750. The normalized spacial score (nSPS) is 10.9. The van der Waals surface area contributed by atoms with Crippen molar-refractivity contribution in [3.8, 4) is 5.88 Å². The smallest absolute Gasteiger partial charge is 0.328 e. The van der Waals surface area contributed by atoms with Crippen LogP contribution in [0.3, 0.4) is 0 Å². The highest BCUT2D eigenvalue weighted by molar-refractivity contribution is 5.20. The Kier molecular flexibility index (Phi) is 8.55. The summed E-state index contributed by atoms with van der Waals surface area (Å²) in [6, 6.07) is 0. The molecule has 0 amide bonds. The molecule has 0 aromatic carbocycles. The first-order valence-electron chi connectivity index (χ1n) is 8.19. The summed E-state index contributed by atoms with van der Waals surface area (Å²) in [4.78, 5) is 26.8. The molecule has 5 heteroatoms. The van der Waals surface area contributed by atoms with Crippen molar-refractivity contribution in [2.75, 3.05) is 0 Å². The van der Waals surface area contributed by atoms with Gasteiger partial charge in [0, 0.05) is 0 Å². The van der Waals surface area contributed by atoms with Crippen LogP contribution in [0.15, 0.2) is 9.59 Å². The van der Waals surface area contributed by atoms with Crippen molar-refractivity contribution in [1.29, 1.82) is 0 Å². The molecule has 1 aromatic rings. The van der Waals surface area contributed by atoms with Crippen LogP contribution in [-0.4, -0.2) is 15.1 Å². The number of H-pyrrole nitrogens is 2. The molecule has 0 radical (unpaired) electrons. The zero-order valence-corrected chi connectivity index (χ0v) is 13.0. The maximum atomic E-state index is 11.5. The molecule has 0 saturated heterocycles. The topological polar surface area (TPSA) is 85.9 Å². The van der Waals surface area contributed by atoms with Gasteiger partial charge >= 0.3 is 5.69 Å². The van der Waals surface area contributed by atoms with Gasteiger partial charge in [-0.2, -0.15) is 0 Å². The Balaban J connectivity index is 2.10. The van der Waals surface area contributed by atoms with Crippen LogP contribution in [-0.2, 0) is 6.42 Å². The Morgan fingerprint density at radius 2 is 1.33 bits per heavy atom. The summed E-state index contributed by atoms with van der Waals surface area (Å²) in [5, 5.41) is 9.54. The molecule has 3 N–H and O–H groups in total. The second-order valence-corrected chi connectivity index (χ2v) is 5.67. The highest BCUT2D eigenvalue weighted by Crippen LogP contribution is 2.13. The molecule has 1 heterocycles. The van der Waals surface area contributed by atoms with Gasteiger partial charge in [0.1, 0.15) is 0 Å². The van der Waals surface area contributed by atoms with Gasteiger partial charge in [-0.3, -0.25) is 14.8 Å². The van der Waals surface area contributed by atoms with Crippen molar-refractivity contribution < 1.29 is 5.11 Å².